The normalized spacial score (nSPS) is 12.0. The molecule has 1 aromatic heterocycles. The van der Waals surface area contributed by atoms with Crippen LogP contribution in [0.25, 0.3) is 11.4 Å². The van der Waals surface area contributed by atoms with E-state index in [2.05, 4.69) is 22.1 Å². The summed E-state index contributed by atoms with van der Waals surface area (Å²) in [5, 5.41) is 7.88. The van der Waals surface area contributed by atoms with Crippen molar-refractivity contribution in [3.8, 4) is 17.1 Å². The molecule has 0 aliphatic rings. The molecule has 0 saturated carbocycles. The van der Waals surface area contributed by atoms with Gasteiger partial charge in [-0.1, -0.05) is 54.6 Å². The standard InChI is InChI=1S/C20H20ClN3O2S/c1-4-13-5-7-14(8-6-13)18(25)12(2)27-20-22-19(23-24-20)16-11-15(21)9-10-17(16)26-3/h5-12H,4H2,1-3H3,(H,22,23,24)/t12-/m0/s1. The van der Waals surface area contributed by atoms with Crippen molar-refractivity contribution >= 4 is 29.1 Å². The van der Waals surface area contributed by atoms with Gasteiger partial charge in [-0.3, -0.25) is 9.89 Å². The molecule has 0 saturated heterocycles. The highest BCUT2D eigenvalue weighted by atomic mass is 35.5. The van der Waals surface area contributed by atoms with E-state index < -0.39 is 0 Å². The molecule has 2 aromatic carbocycles. The smallest absolute Gasteiger partial charge is 0.209 e. The molecule has 5 nitrogen and oxygen atoms in total. The zero-order valence-electron chi connectivity index (χ0n) is 15.3. The lowest BCUT2D eigenvalue weighted by Crippen LogP contribution is -2.13. The van der Waals surface area contributed by atoms with Crippen molar-refractivity contribution < 1.29 is 9.53 Å². The molecule has 0 aliphatic carbocycles. The summed E-state index contributed by atoms with van der Waals surface area (Å²) in [7, 11) is 1.59. The number of halogens is 1. The highest BCUT2D eigenvalue weighted by Crippen LogP contribution is 2.32. The number of hydrogen-bond donors (Lipinski definition) is 1. The van der Waals surface area contributed by atoms with Gasteiger partial charge in [-0.05, 0) is 37.1 Å². The first-order valence-corrected chi connectivity index (χ1v) is 9.83. The Balaban J connectivity index is 1.75. The van der Waals surface area contributed by atoms with Crippen LogP contribution >= 0.6 is 23.4 Å². The van der Waals surface area contributed by atoms with E-state index >= 15 is 0 Å². The topological polar surface area (TPSA) is 67.9 Å². The van der Waals surface area contributed by atoms with Crippen LogP contribution in [0.5, 0.6) is 5.75 Å². The molecule has 0 bridgehead atoms. The van der Waals surface area contributed by atoms with Crippen LogP contribution in [0.1, 0.15) is 29.8 Å². The summed E-state index contributed by atoms with van der Waals surface area (Å²) in [5.74, 6) is 1.24. The Morgan fingerprint density at radius 1 is 1.26 bits per heavy atom. The Morgan fingerprint density at radius 3 is 2.67 bits per heavy atom. The van der Waals surface area contributed by atoms with Crippen molar-refractivity contribution in [2.75, 3.05) is 7.11 Å². The quantitative estimate of drug-likeness (QED) is 0.442. The molecule has 0 amide bonds. The van der Waals surface area contributed by atoms with E-state index in [1.165, 1.54) is 17.3 Å². The lowest BCUT2D eigenvalue weighted by atomic mass is 10.1. The fourth-order valence-corrected chi connectivity index (χ4v) is 3.61. The number of carbonyl (C=O) groups is 1. The molecule has 0 unspecified atom stereocenters. The van der Waals surface area contributed by atoms with Crippen LogP contribution in [0.15, 0.2) is 47.6 Å². The second kappa shape index (κ2) is 8.59. The molecule has 0 spiro atoms. The van der Waals surface area contributed by atoms with Gasteiger partial charge in [-0.25, -0.2) is 4.98 Å². The van der Waals surface area contributed by atoms with E-state index in [1.807, 2.05) is 31.2 Å². The molecule has 3 aromatic rings. The first kappa shape index (κ1) is 19.5. The van der Waals surface area contributed by atoms with Crippen LogP contribution in [0.3, 0.4) is 0 Å². The minimum Gasteiger partial charge on any atom is -0.496 e. The number of methoxy groups -OCH3 is 1. The van der Waals surface area contributed by atoms with Gasteiger partial charge in [0.2, 0.25) is 5.16 Å². The summed E-state index contributed by atoms with van der Waals surface area (Å²) in [6.45, 7) is 3.95. The van der Waals surface area contributed by atoms with Gasteiger partial charge in [0.1, 0.15) is 5.75 Å². The summed E-state index contributed by atoms with van der Waals surface area (Å²) < 4.78 is 5.35. The van der Waals surface area contributed by atoms with Gasteiger partial charge in [0.05, 0.1) is 17.9 Å². The Bertz CT molecular complexity index is 941. The predicted octanol–water partition coefficient (Wildman–Crippen LogP) is 5.06. The largest absolute Gasteiger partial charge is 0.496 e. The van der Waals surface area contributed by atoms with E-state index in [1.54, 1.807) is 25.3 Å². The Hall–Kier alpha value is -2.31. The maximum absolute atomic E-state index is 12.6. The summed E-state index contributed by atoms with van der Waals surface area (Å²) >= 11 is 7.39. The first-order chi connectivity index (χ1) is 13.0. The van der Waals surface area contributed by atoms with Crippen molar-refractivity contribution in [2.45, 2.75) is 30.7 Å². The maximum atomic E-state index is 12.6. The van der Waals surface area contributed by atoms with Gasteiger partial charge >= 0.3 is 0 Å². The van der Waals surface area contributed by atoms with E-state index in [9.17, 15) is 4.79 Å². The number of nitrogens with one attached hydrogen (secondary N) is 1. The van der Waals surface area contributed by atoms with Gasteiger partial charge < -0.3 is 4.74 Å². The van der Waals surface area contributed by atoms with E-state index in [0.717, 1.165) is 12.0 Å². The molecular formula is C20H20ClN3O2S. The monoisotopic (exact) mass is 401 g/mol. The SMILES string of the molecule is CCc1ccc(C(=O)[C@H](C)Sc2n[nH]c(-c3cc(Cl)ccc3OC)n2)cc1. The van der Waals surface area contributed by atoms with Crippen molar-refractivity contribution in [1.29, 1.82) is 0 Å². The second-order valence-electron chi connectivity index (χ2n) is 5.99. The van der Waals surface area contributed by atoms with E-state index in [4.69, 9.17) is 16.3 Å². The predicted molar refractivity (Wildman–Crippen MR) is 109 cm³/mol. The third kappa shape index (κ3) is 4.51. The number of H-pyrrole nitrogens is 1. The number of hydrogen-bond acceptors (Lipinski definition) is 5. The van der Waals surface area contributed by atoms with Gasteiger partial charge in [0, 0.05) is 10.6 Å². The van der Waals surface area contributed by atoms with Crippen LogP contribution in [0.2, 0.25) is 5.02 Å². The molecule has 27 heavy (non-hydrogen) atoms. The number of ether oxygens (including phenoxy) is 1. The summed E-state index contributed by atoms with van der Waals surface area (Å²) in [6, 6.07) is 13.0. The number of benzene rings is 2. The maximum Gasteiger partial charge on any atom is 0.209 e. The lowest BCUT2D eigenvalue weighted by Gasteiger charge is -2.08. The van der Waals surface area contributed by atoms with Crippen molar-refractivity contribution in [1.82, 2.24) is 15.2 Å². The molecule has 7 heteroatoms. The van der Waals surface area contributed by atoms with Gasteiger partial charge in [0.25, 0.3) is 0 Å². The fraction of sp³-hybridized carbons (Fsp3) is 0.250. The molecule has 3 rings (SSSR count). The van der Waals surface area contributed by atoms with Crippen LogP contribution in [0.4, 0.5) is 0 Å². The number of Topliss-reactive ketones (excluding diaryl/α,β-unsaturated/α-hetero) is 1. The number of aromatic amines is 1. The van der Waals surface area contributed by atoms with E-state index in [-0.39, 0.29) is 11.0 Å². The zero-order chi connectivity index (χ0) is 19.4. The number of aromatic nitrogens is 3. The van der Waals surface area contributed by atoms with Gasteiger partial charge in [-0.15, -0.1) is 5.10 Å². The second-order valence-corrected chi connectivity index (χ2v) is 7.73. The average Bonchev–Trinajstić information content (AvgIpc) is 3.15. The summed E-state index contributed by atoms with van der Waals surface area (Å²) in [6.07, 6.45) is 0.950. The van der Waals surface area contributed by atoms with Gasteiger partial charge in [0.15, 0.2) is 11.6 Å². The number of ketones is 1. The van der Waals surface area contributed by atoms with Crippen molar-refractivity contribution in [3.63, 3.8) is 0 Å². The Labute approximate surface area is 167 Å². The Morgan fingerprint density at radius 2 is 2.00 bits per heavy atom. The first-order valence-electron chi connectivity index (χ1n) is 8.58. The van der Waals surface area contributed by atoms with Crippen molar-refractivity contribution in [2.24, 2.45) is 0 Å². The van der Waals surface area contributed by atoms with Crippen molar-refractivity contribution in [3.05, 3.63) is 58.6 Å². The minimum absolute atomic E-state index is 0.0503. The molecule has 1 atom stereocenters. The zero-order valence-corrected chi connectivity index (χ0v) is 16.9. The molecule has 1 N–H and O–H groups in total. The van der Waals surface area contributed by atoms with Crippen LogP contribution in [-0.2, 0) is 6.42 Å². The van der Waals surface area contributed by atoms with Crippen LogP contribution in [0, 0.1) is 0 Å². The fourth-order valence-electron chi connectivity index (χ4n) is 2.64. The minimum atomic E-state index is -0.303. The summed E-state index contributed by atoms with van der Waals surface area (Å²) in [4.78, 5) is 17.1. The van der Waals surface area contributed by atoms with Crippen LogP contribution in [-0.4, -0.2) is 33.3 Å². The molecule has 0 aliphatic heterocycles. The number of rotatable bonds is 7. The number of aryl methyl sites for hydroxylation is 1. The highest BCUT2D eigenvalue weighted by Gasteiger charge is 2.20. The Kier molecular flexibility index (Phi) is 6.19. The van der Waals surface area contributed by atoms with Gasteiger partial charge in [-0.2, -0.15) is 0 Å². The molecule has 0 radical (unpaired) electrons. The number of thioether (sulfide) groups is 1. The summed E-state index contributed by atoms with van der Waals surface area (Å²) in [5.41, 5.74) is 2.62. The third-order valence-electron chi connectivity index (χ3n) is 4.18. The molecular weight excluding hydrogens is 382 g/mol. The van der Waals surface area contributed by atoms with E-state index in [0.29, 0.717) is 27.3 Å². The average molecular weight is 402 g/mol. The van der Waals surface area contributed by atoms with Crippen LogP contribution < -0.4 is 4.74 Å². The number of carbonyl (C=O) groups excluding carboxylic acids is 1. The third-order valence-corrected chi connectivity index (χ3v) is 5.38. The number of nitrogens with zero attached hydrogens (tertiary/aromatic N) is 2. The molecule has 140 valence electrons. The molecule has 1 heterocycles. The highest BCUT2D eigenvalue weighted by molar-refractivity contribution is 8.00. The lowest BCUT2D eigenvalue weighted by molar-refractivity contribution is 0.0994. The molecule has 0 fully saturated rings.